The van der Waals surface area contributed by atoms with Gasteiger partial charge in [-0.05, 0) is 42.8 Å². The fourth-order valence-corrected chi connectivity index (χ4v) is 2.84. The highest BCUT2D eigenvalue weighted by Gasteiger charge is 2.23. The van der Waals surface area contributed by atoms with Gasteiger partial charge in [-0.3, -0.25) is 4.79 Å². The van der Waals surface area contributed by atoms with Crippen LogP contribution in [0.5, 0.6) is 11.5 Å². The van der Waals surface area contributed by atoms with Crippen LogP contribution in [0.4, 0.5) is 0 Å². The lowest BCUT2D eigenvalue weighted by Gasteiger charge is -2.15. The lowest BCUT2D eigenvalue weighted by Crippen LogP contribution is -2.20. The number of nitrogens with zero attached hydrogens (tertiary/aromatic N) is 3. The number of Topliss-reactive ketones (excluding diaryl/α,β-unsaturated/α-hetero) is 1. The highest BCUT2D eigenvalue weighted by atomic mass is 35.5. The number of ketones is 1. The van der Waals surface area contributed by atoms with E-state index < -0.39 is 6.04 Å². The van der Waals surface area contributed by atoms with Crippen molar-refractivity contribution in [1.82, 2.24) is 14.8 Å². The first-order valence-corrected chi connectivity index (χ1v) is 8.85. The highest BCUT2D eigenvalue weighted by Crippen LogP contribution is 2.30. The van der Waals surface area contributed by atoms with Crippen LogP contribution in [0, 0.1) is 0 Å². The van der Waals surface area contributed by atoms with Crippen LogP contribution in [0.1, 0.15) is 22.8 Å². The number of rotatable bonds is 7. The van der Waals surface area contributed by atoms with Crippen molar-refractivity contribution in [3.05, 3.63) is 83.4 Å². The van der Waals surface area contributed by atoms with Crippen molar-refractivity contribution in [3.8, 4) is 11.5 Å². The minimum Gasteiger partial charge on any atom is -0.457 e. The van der Waals surface area contributed by atoms with Gasteiger partial charge in [0.2, 0.25) is 0 Å². The van der Waals surface area contributed by atoms with Crippen molar-refractivity contribution in [1.29, 1.82) is 0 Å². The Morgan fingerprint density at radius 3 is 2.39 bits per heavy atom. The van der Waals surface area contributed by atoms with Crippen molar-refractivity contribution in [2.24, 2.45) is 0 Å². The minimum absolute atomic E-state index is 0.168. The maximum Gasteiger partial charge on any atom is 0.189 e. The van der Waals surface area contributed by atoms with Crippen molar-refractivity contribution in [3.63, 3.8) is 0 Å². The van der Waals surface area contributed by atoms with Crippen molar-refractivity contribution in [2.45, 2.75) is 12.5 Å². The lowest BCUT2D eigenvalue weighted by molar-refractivity contribution is -0.0980. The van der Waals surface area contributed by atoms with Crippen LogP contribution in [0.2, 0.25) is 10.0 Å². The molecule has 1 atom stereocenters. The van der Waals surface area contributed by atoms with E-state index in [1.165, 1.54) is 17.3 Å². The number of aromatic nitrogens is 3. The first-order chi connectivity index (χ1) is 13.6. The van der Waals surface area contributed by atoms with E-state index in [2.05, 4.69) is 16.7 Å². The van der Waals surface area contributed by atoms with Gasteiger partial charge in [-0.2, -0.15) is 5.10 Å². The van der Waals surface area contributed by atoms with Crippen LogP contribution in [0.15, 0.2) is 67.8 Å². The molecule has 0 aliphatic carbocycles. The van der Waals surface area contributed by atoms with Crippen molar-refractivity contribution >= 4 is 35.8 Å². The van der Waals surface area contributed by atoms with E-state index in [-0.39, 0.29) is 5.78 Å². The van der Waals surface area contributed by atoms with Gasteiger partial charge in [-0.15, -0.1) is 6.58 Å². The lowest BCUT2D eigenvalue weighted by atomic mass is 10.0. The van der Waals surface area contributed by atoms with Gasteiger partial charge in [0.15, 0.2) is 5.78 Å². The Morgan fingerprint density at radius 1 is 1.14 bits per heavy atom. The number of halogens is 2. The van der Waals surface area contributed by atoms with E-state index in [9.17, 15) is 4.79 Å². The quantitative estimate of drug-likeness (QED) is 0.390. The molecule has 8 heteroatoms. The van der Waals surface area contributed by atoms with Gasteiger partial charge < -0.3 is 9.53 Å². The molecule has 0 radical (unpaired) electrons. The Hall–Kier alpha value is -2.96. The van der Waals surface area contributed by atoms with Crippen LogP contribution >= 0.6 is 23.2 Å². The largest absolute Gasteiger partial charge is 0.457 e. The summed E-state index contributed by atoms with van der Waals surface area (Å²) in [5.41, 5.74) is 0.387. The molecule has 0 amide bonds. The van der Waals surface area contributed by atoms with Gasteiger partial charge in [0, 0.05) is 16.7 Å². The maximum absolute atomic E-state index is 12.9. The third-order valence-electron chi connectivity index (χ3n) is 3.70. The van der Waals surface area contributed by atoms with Crippen LogP contribution in [-0.2, 0) is 4.79 Å². The van der Waals surface area contributed by atoms with Gasteiger partial charge in [0.05, 0.1) is 5.02 Å². The average molecular weight is 418 g/mol. The van der Waals surface area contributed by atoms with Crippen LogP contribution in [-0.4, -0.2) is 27.3 Å². The summed E-state index contributed by atoms with van der Waals surface area (Å²) >= 11 is 12.2. The molecule has 0 saturated heterocycles. The van der Waals surface area contributed by atoms with Crippen molar-refractivity contribution < 1.29 is 14.3 Å². The van der Waals surface area contributed by atoms with Gasteiger partial charge in [0.25, 0.3) is 0 Å². The fraction of sp³-hybridized carbons (Fsp3) is 0.100. The van der Waals surface area contributed by atoms with Gasteiger partial charge in [0.1, 0.15) is 37.0 Å². The number of benzene rings is 2. The molecule has 0 aliphatic rings. The molecule has 144 valence electrons. The molecule has 6 nitrogen and oxygen atoms in total. The summed E-state index contributed by atoms with van der Waals surface area (Å²) in [5, 5.41) is 4.97. The summed E-state index contributed by atoms with van der Waals surface area (Å²) in [5.74, 6) is 0.977. The molecular weight excluding hydrogens is 401 g/mol. The topological polar surface area (TPSA) is 74.1 Å². The summed E-state index contributed by atoms with van der Waals surface area (Å²) in [4.78, 5) is 24.8. The predicted octanol–water partition coefficient (Wildman–Crippen LogP) is 5.19. The Labute approximate surface area is 172 Å². The van der Waals surface area contributed by atoms with E-state index >= 15 is 0 Å². The first-order valence-electron chi connectivity index (χ1n) is 8.09. The van der Waals surface area contributed by atoms with Crippen LogP contribution < -0.4 is 4.74 Å². The molecular formula is C20H17Cl2N3O3. The number of carbonyl (C=O) groups excluding carboxylic acids is 2. The third-order valence-corrected chi connectivity index (χ3v) is 4.27. The molecule has 1 unspecified atom stereocenters. The summed E-state index contributed by atoms with van der Waals surface area (Å²) in [7, 11) is 0. The highest BCUT2D eigenvalue weighted by molar-refractivity contribution is 6.34. The fourth-order valence-electron chi connectivity index (χ4n) is 2.45. The summed E-state index contributed by atoms with van der Waals surface area (Å²) < 4.78 is 7.23. The Bertz CT molecular complexity index is 928. The molecule has 2 aromatic carbocycles. The molecule has 3 rings (SSSR count). The number of hydrogen-bond acceptors (Lipinski definition) is 5. The SMILES string of the molecule is C=CCC(C(=O)c1ccc(Oc2ccc(Cl)cc2)cc1Cl)n1cncn1.C=O. The number of carbonyl (C=O) groups is 2. The molecule has 1 aromatic heterocycles. The van der Waals surface area contributed by atoms with Gasteiger partial charge in [-0.25, -0.2) is 9.67 Å². The Kier molecular flexibility index (Phi) is 7.92. The second kappa shape index (κ2) is 10.4. The van der Waals surface area contributed by atoms with Crippen LogP contribution in [0.25, 0.3) is 0 Å². The zero-order valence-electron chi connectivity index (χ0n) is 14.8. The average Bonchev–Trinajstić information content (AvgIpc) is 3.23. The standard InChI is InChI=1S/C19H15Cl2N3O2.CH2O/c1-2-3-18(24-12-22-11-23-24)19(25)16-9-8-15(10-17(16)21)26-14-6-4-13(20)5-7-14;1-2/h2,4-12,18H,1,3H2;1H2. The zero-order chi connectivity index (χ0) is 20.5. The summed E-state index contributed by atoms with van der Waals surface area (Å²) in [6, 6.07) is 11.4. The van der Waals surface area contributed by atoms with Gasteiger partial charge in [-0.1, -0.05) is 29.3 Å². The second-order valence-corrected chi connectivity index (χ2v) is 6.32. The minimum atomic E-state index is -0.546. The summed E-state index contributed by atoms with van der Waals surface area (Å²) in [6.45, 7) is 5.70. The molecule has 28 heavy (non-hydrogen) atoms. The molecule has 0 bridgehead atoms. The number of allylic oxidation sites excluding steroid dienone is 1. The second-order valence-electron chi connectivity index (χ2n) is 5.48. The predicted molar refractivity (Wildman–Crippen MR) is 108 cm³/mol. The molecule has 3 aromatic rings. The Balaban J connectivity index is 0.00000136. The molecule has 0 N–H and O–H groups in total. The van der Waals surface area contributed by atoms with E-state index in [0.29, 0.717) is 33.5 Å². The van der Waals surface area contributed by atoms with Crippen LogP contribution in [0.3, 0.4) is 0 Å². The molecule has 0 spiro atoms. The number of hydrogen-bond donors (Lipinski definition) is 0. The molecule has 0 fully saturated rings. The molecule has 1 heterocycles. The molecule has 0 saturated carbocycles. The third kappa shape index (κ3) is 5.28. The monoisotopic (exact) mass is 417 g/mol. The van der Waals surface area contributed by atoms with E-state index in [1.54, 1.807) is 48.5 Å². The Morgan fingerprint density at radius 2 is 1.82 bits per heavy atom. The van der Waals surface area contributed by atoms with E-state index in [0.717, 1.165) is 0 Å². The maximum atomic E-state index is 12.9. The normalized spacial score (nSPS) is 11.1. The summed E-state index contributed by atoms with van der Waals surface area (Å²) in [6.07, 6.45) is 4.96. The van der Waals surface area contributed by atoms with E-state index in [4.69, 9.17) is 32.7 Å². The smallest absolute Gasteiger partial charge is 0.189 e. The van der Waals surface area contributed by atoms with Gasteiger partial charge >= 0.3 is 0 Å². The number of ether oxygens (including phenoxy) is 1. The first kappa shape index (κ1) is 21.3. The van der Waals surface area contributed by atoms with Crippen molar-refractivity contribution in [2.75, 3.05) is 0 Å². The van der Waals surface area contributed by atoms with E-state index in [1.807, 2.05) is 6.79 Å². The molecule has 0 aliphatic heterocycles. The zero-order valence-corrected chi connectivity index (χ0v) is 16.3.